The van der Waals surface area contributed by atoms with Gasteiger partial charge in [0.2, 0.25) is 0 Å². The number of piperidine rings is 2. The van der Waals surface area contributed by atoms with Crippen LogP contribution in [0.5, 0.6) is 5.75 Å². The van der Waals surface area contributed by atoms with Gasteiger partial charge >= 0.3 is 0 Å². The first-order chi connectivity index (χ1) is 13.3. The maximum Gasteiger partial charge on any atom is 0.253 e. The number of hydrogen-bond donors (Lipinski definition) is 0. The van der Waals surface area contributed by atoms with Gasteiger partial charge in [-0.25, -0.2) is 0 Å². The Balaban J connectivity index is 1.26. The summed E-state index contributed by atoms with van der Waals surface area (Å²) in [5, 5.41) is 0. The van der Waals surface area contributed by atoms with Crippen molar-refractivity contribution in [1.29, 1.82) is 0 Å². The van der Waals surface area contributed by atoms with E-state index in [9.17, 15) is 4.79 Å². The van der Waals surface area contributed by atoms with E-state index in [0.717, 1.165) is 69.2 Å². The molecule has 0 N–H and O–H groups in total. The topological polar surface area (TPSA) is 32.8 Å². The molecule has 5 heteroatoms. The molecule has 3 saturated heterocycles. The molecule has 0 saturated carbocycles. The minimum Gasteiger partial charge on any atom is -0.490 e. The van der Waals surface area contributed by atoms with Gasteiger partial charge in [0.05, 0.1) is 0 Å². The maximum atomic E-state index is 12.6. The number of benzene rings is 1. The highest BCUT2D eigenvalue weighted by Crippen LogP contribution is 2.26. The summed E-state index contributed by atoms with van der Waals surface area (Å²) in [6, 6.07) is 8.61. The van der Waals surface area contributed by atoms with Crippen LogP contribution in [0.25, 0.3) is 0 Å². The lowest BCUT2D eigenvalue weighted by molar-refractivity contribution is 0.0718. The predicted octanol–water partition coefficient (Wildman–Crippen LogP) is 4.05. The van der Waals surface area contributed by atoms with Crippen molar-refractivity contribution in [3.63, 3.8) is 0 Å². The van der Waals surface area contributed by atoms with Gasteiger partial charge in [-0.05, 0) is 80.7 Å². The SMILES string of the molecule is O=C(c1ccc(OC2CCN(C3CCSCC3)CC2)cc1)N1CCCCC1. The summed E-state index contributed by atoms with van der Waals surface area (Å²) in [6.07, 6.45) is 8.73. The summed E-state index contributed by atoms with van der Waals surface area (Å²) in [6.45, 7) is 4.11. The van der Waals surface area contributed by atoms with Gasteiger partial charge in [0, 0.05) is 37.8 Å². The van der Waals surface area contributed by atoms with Crippen LogP contribution in [0.4, 0.5) is 0 Å². The van der Waals surface area contributed by atoms with Crippen molar-refractivity contribution in [2.45, 2.75) is 57.1 Å². The highest BCUT2D eigenvalue weighted by Gasteiger charge is 2.27. The third-order valence-corrected chi connectivity index (χ3v) is 7.28. The van der Waals surface area contributed by atoms with Crippen molar-refractivity contribution in [2.75, 3.05) is 37.7 Å². The predicted molar refractivity (Wildman–Crippen MR) is 112 cm³/mol. The molecular weight excluding hydrogens is 356 g/mol. The van der Waals surface area contributed by atoms with E-state index in [1.165, 1.54) is 30.8 Å². The van der Waals surface area contributed by atoms with Crippen LogP contribution in [0.1, 0.15) is 55.3 Å². The number of nitrogens with zero attached hydrogens (tertiary/aromatic N) is 2. The molecule has 0 bridgehead atoms. The smallest absolute Gasteiger partial charge is 0.253 e. The summed E-state index contributed by atoms with van der Waals surface area (Å²) >= 11 is 2.10. The number of hydrogen-bond acceptors (Lipinski definition) is 4. The molecular formula is C22H32N2O2S. The number of likely N-dealkylation sites (tertiary alicyclic amines) is 2. The third-order valence-electron chi connectivity index (χ3n) is 6.23. The number of thioether (sulfide) groups is 1. The zero-order valence-electron chi connectivity index (χ0n) is 16.3. The molecule has 1 aromatic rings. The van der Waals surface area contributed by atoms with E-state index in [1.54, 1.807) is 0 Å². The first-order valence-electron chi connectivity index (χ1n) is 10.7. The second-order valence-corrected chi connectivity index (χ2v) is 9.30. The van der Waals surface area contributed by atoms with Crippen molar-refractivity contribution in [3.8, 4) is 5.75 Å². The Labute approximate surface area is 167 Å². The van der Waals surface area contributed by atoms with Crippen molar-refractivity contribution in [2.24, 2.45) is 0 Å². The molecule has 3 fully saturated rings. The molecule has 0 unspecified atom stereocenters. The molecule has 0 aliphatic carbocycles. The average Bonchev–Trinajstić information content (AvgIpc) is 2.76. The second-order valence-electron chi connectivity index (χ2n) is 8.07. The van der Waals surface area contributed by atoms with E-state index in [-0.39, 0.29) is 5.91 Å². The van der Waals surface area contributed by atoms with E-state index in [1.807, 2.05) is 29.2 Å². The number of carbonyl (C=O) groups excluding carboxylic acids is 1. The maximum absolute atomic E-state index is 12.6. The lowest BCUT2D eigenvalue weighted by Gasteiger charge is -2.39. The largest absolute Gasteiger partial charge is 0.490 e. The molecule has 0 radical (unpaired) electrons. The van der Waals surface area contributed by atoms with Crippen molar-refractivity contribution in [1.82, 2.24) is 9.80 Å². The fourth-order valence-electron chi connectivity index (χ4n) is 4.56. The van der Waals surface area contributed by atoms with Crippen molar-refractivity contribution in [3.05, 3.63) is 29.8 Å². The highest BCUT2D eigenvalue weighted by atomic mass is 32.2. The lowest BCUT2D eigenvalue weighted by atomic mass is 10.0. The molecule has 0 atom stereocenters. The Bertz CT molecular complexity index is 601. The van der Waals surface area contributed by atoms with E-state index in [0.29, 0.717) is 6.10 Å². The Hall–Kier alpha value is -1.20. The van der Waals surface area contributed by atoms with E-state index in [2.05, 4.69) is 16.7 Å². The molecule has 27 heavy (non-hydrogen) atoms. The summed E-state index contributed by atoms with van der Waals surface area (Å²) in [5.74, 6) is 3.71. The molecule has 0 spiro atoms. The number of ether oxygens (including phenoxy) is 1. The number of rotatable bonds is 4. The van der Waals surface area contributed by atoms with Crippen LogP contribution in [0.15, 0.2) is 24.3 Å². The first-order valence-corrected chi connectivity index (χ1v) is 11.8. The Morgan fingerprint density at radius 2 is 1.56 bits per heavy atom. The van der Waals surface area contributed by atoms with E-state index < -0.39 is 0 Å². The molecule has 0 aromatic heterocycles. The molecule has 1 aromatic carbocycles. The summed E-state index contributed by atoms with van der Waals surface area (Å²) in [4.78, 5) is 17.2. The van der Waals surface area contributed by atoms with Crippen LogP contribution >= 0.6 is 11.8 Å². The normalized spacial score (nSPS) is 23.3. The van der Waals surface area contributed by atoms with Gasteiger partial charge in [0.1, 0.15) is 11.9 Å². The Kier molecular flexibility index (Phi) is 6.61. The van der Waals surface area contributed by atoms with Crippen LogP contribution < -0.4 is 4.74 Å². The second kappa shape index (κ2) is 9.33. The zero-order chi connectivity index (χ0) is 18.5. The van der Waals surface area contributed by atoms with E-state index in [4.69, 9.17) is 4.74 Å². The Morgan fingerprint density at radius 3 is 2.22 bits per heavy atom. The number of carbonyl (C=O) groups is 1. The van der Waals surface area contributed by atoms with Gasteiger partial charge in [-0.2, -0.15) is 11.8 Å². The van der Waals surface area contributed by atoms with Crippen LogP contribution in [0.2, 0.25) is 0 Å². The van der Waals surface area contributed by atoms with E-state index >= 15 is 0 Å². The highest BCUT2D eigenvalue weighted by molar-refractivity contribution is 7.99. The van der Waals surface area contributed by atoms with Gasteiger partial charge < -0.3 is 14.5 Å². The van der Waals surface area contributed by atoms with Crippen LogP contribution in [-0.4, -0.2) is 65.5 Å². The molecule has 4 nitrogen and oxygen atoms in total. The van der Waals surface area contributed by atoms with Crippen LogP contribution in [0.3, 0.4) is 0 Å². The Morgan fingerprint density at radius 1 is 0.889 bits per heavy atom. The van der Waals surface area contributed by atoms with Gasteiger partial charge in [-0.1, -0.05) is 0 Å². The molecule has 4 rings (SSSR count). The van der Waals surface area contributed by atoms with Gasteiger partial charge in [-0.3, -0.25) is 4.79 Å². The third kappa shape index (κ3) is 5.00. The standard InChI is InChI=1S/C22H32N2O2S/c25-22(24-12-2-1-3-13-24)18-4-6-20(7-5-18)26-21-8-14-23(15-9-21)19-10-16-27-17-11-19/h4-7,19,21H,1-3,8-17H2. The van der Waals surface area contributed by atoms with Crippen LogP contribution in [0, 0.1) is 0 Å². The molecule has 3 aliphatic rings. The molecule has 1 amide bonds. The van der Waals surface area contributed by atoms with Crippen molar-refractivity contribution < 1.29 is 9.53 Å². The summed E-state index contributed by atoms with van der Waals surface area (Å²) in [7, 11) is 0. The molecule has 148 valence electrons. The lowest BCUT2D eigenvalue weighted by Crippen LogP contribution is -2.45. The van der Waals surface area contributed by atoms with Gasteiger partial charge in [-0.15, -0.1) is 0 Å². The fourth-order valence-corrected chi connectivity index (χ4v) is 5.64. The van der Waals surface area contributed by atoms with Gasteiger partial charge in [0.25, 0.3) is 5.91 Å². The first kappa shape index (κ1) is 19.1. The summed E-state index contributed by atoms with van der Waals surface area (Å²) in [5.41, 5.74) is 0.786. The fraction of sp³-hybridized carbons (Fsp3) is 0.682. The minimum atomic E-state index is 0.167. The quantitative estimate of drug-likeness (QED) is 0.779. The van der Waals surface area contributed by atoms with Crippen LogP contribution in [-0.2, 0) is 0 Å². The molecule has 3 heterocycles. The monoisotopic (exact) mass is 388 g/mol. The average molecular weight is 389 g/mol. The van der Waals surface area contributed by atoms with Gasteiger partial charge in [0.15, 0.2) is 0 Å². The zero-order valence-corrected chi connectivity index (χ0v) is 17.1. The van der Waals surface area contributed by atoms with Crippen molar-refractivity contribution >= 4 is 17.7 Å². The molecule has 3 aliphatic heterocycles. The number of amides is 1. The minimum absolute atomic E-state index is 0.167. The summed E-state index contributed by atoms with van der Waals surface area (Å²) < 4.78 is 6.22.